The smallest absolute Gasteiger partial charge is 0.330 e. The molecule has 242 valence electrons. The number of methoxy groups -OCH3 is 1. The molecule has 0 bridgehead atoms. The summed E-state index contributed by atoms with van der Waals surface area (Å²) in [7, 11) is 4.28. The van der Waals surface area contributed by atoms with Crippen LogP contribution in [0.15, 0.2) is 58.3 Å². The lowest BCUT2D eigenvalue weighted by atomic mass is 9.86. The molecule has 12 nitrogen and oxygen atoms in total. The van der Waals surface area contributed by atoms with E-state index in [2.05, 4.69) is 15.5 Å². The maximum atomic E-state index is 16.4. The van der Waals surface area contributed by atoms with Crippen LogP contribution in [0.25, 0.3) is 22.4 Å². The van der Waals surface area contributed by atoms with Crippen LogP contribution in [0.1, 0.15) is 40.4 Å². The summed E-state index contributed by atoms with van der Waals surface area (Å²) in [5.41, 5.74) is 1.53. The Hall–Kier alpha value is -5.30. The quantitative estimate of drug-likeness (QED) is 0.329. The number of nitrogens with zero attached hydrogens (tertiary/aromatic N) is 4. The third-order valence-electron chi connectivity index (χ3n) is 9.43. The molecule has 0 saturated carbocycles. The number of carbonyl (C=O) groups excluding carboxylic acids is 2. The molecule has 1 atom stereocenters. The number of ether oxygens (including phenoxy) is 2. The molecule has 3 aliphatic heterocycles. The first-order chi connectivity index (χ1) is 22.5. The van der Waals surface area contributed by atoms with Crippen LogP contribution in [-0.4, -0.2) is 63.2 Å². The van der Waals surface area contributed by atoms with Crippen LogP contribution in [0.5, 0.6) is 11.6 Å². The number of aryl methyl sites for hydroxylation is 1. The Morgan fingerprint density at radius 2 is 1.83 bits per heavy atom. The zero-order valence-corrected chi connectivity index (χ0v) is 26.3. The van der Waals surface area contributed by atoms with Gasteiger partial charge in [-0.3, -0.25) is 23.9 Å². The van der Waals surface area contributed by atoms with Crippen LogP contribution in [-0.2, 0) is 18.9 Å². The number of carbonyl (C=O) groups is 2. The van der Waals surface area contributed by atoms with E-state index in [1.54, 1.807) is 49.4 Å². The van der Waals surface area contributed by atoms with E-state index in [1.165, 1.54) is 27.4 Å². The average Bonchev–Trinajstić information content (AvgIpc) is 3.65. The second kappa shape index (κ2) is 11.2. The Balaban J connectivity index is 1.18. The molecule has 1 unspecified atom stereocenters. The third kappa shape index (κ3) is 4.97. The summed E-state index contributed by atoms with van der Waals surface area (Å²) in [5.74, 6) is -0.197. The topological polar surface area (TPSA) is 137 Å². The predicted molar refractivity (Wildman–Crippen MR) is 171 cm³/mol. The molecule has 2 amide bonds. The number of amides is 2. The van der Waals surface area contributed by atoms with Crippen LogP contribution in [0.3, 0.4) is 0 Å². The Morgan fingerprint density at radius 3 is 2.55 bits per heavy atom. The second-order valence-corrected chi connectivity index (χ2v) is 12.4. The SMILES string of the molecule is COc1nc(-c2cccc(-c3cccc(NC(=O)c4cn(C)c(=O)n(C)c4=O)c3C)c2F)cc2c1C(N1CC3(CCC(=O)N3)C1)CO2. The van der Waals surface area contributed by atoms with E-state index in [1.807, 2.05) is 0 Å². The van der Waals surface area contributed by atoms with Crippen molar-refractivity contribution in [3.8, 4) is 34.0 Å². The van der Waals surface area contributed by atoms with Crippen molar-refractivity contribution in [2.45, 2.75) is 31.3 Å². The summed E-state index contributed by atoms with van der Waals surface area (Å²) in [5, 5.41) is 5.85. The molecule has 5 heterocycles. The number of fused-ring (bicyclic) bond motifs is 1. The summed E-state index contributed by atoms with van der Waals surface area (Å²) < 4.78 is 30.2. The minimum absolute atomic E-state index is 0.0842. The minimum Gasteiger partial charge on any atom is -0.491 e. The number of benzene rings is 2. The fourth-order valence-corrected chi connectivity index (χ4v) is 6.89. The summed E-state index contributed by atoms with van der Waals surface area (Å²) in [6.07, 6.45) is 2.55. The molecule has 0 radical (unpaired) electrons. The van der Waals surface area contributed by atoms with E-state index in [4.69, 9.17) is 14.5 Å². The largest absolute Gasteiger partial charge is 0.491 e. The Kier molecular flexibility index (Phi) is 7.23. The van der Waals surface area contributed by atoms with Gasteiger partial charge in [0, 0.05) is 62.7 Å². The van der Waals surface area contributed by atoms with Gasteiger partial charge in [-0.15, -0.1) is 0 Å². The van der Waals surface area contributed by atoms with Gasteiger partial charge in [0.1, 0.15) is 23.7 Å². The van der Waals surface area contributed by atoms with E-state index in [0.29, 0.717) is 65.8 Å². The van der Waals surface area contributed by atoms with Gasteiger partial charge in [-0.05, 0) is 36.6 Å². The molecule has 2 fully saturated rings. The zero-order valence-electron chi connectivity index (χ0n) is 26.3. The van der Waals surface area contributed by atoms with E-state index < -0.39 is 23.0 Å². The third-order valence-corrected chi connectivity index (χ3v) is 9.43. The summed E-state index contributed by atoms with van der Waals surface area (Å²) >= 11 is 0. The monoisotopic (exact) mass is 640 g/mol. The maximum absolute atomic E-state index is 16.4. The molecule has 4 aromatic rings. The standard InChI is InChI=1S/C34H33FN6O6/c1-18-19(7-6-10-23(18)36-30(43)22-14-39(2)33(45)40(3)32(22)44)20-8-5-9-21(29(20)35)24-13-26-28(31(37-24)46-4)25(15-47-26)41-16-34(17-41)12-11-27(42)38-34/h5-10,13-14,25H,11-12,15-17H2,1-4H3,(H,36,43)(H,38,42). The van der Waals surface area contributed by atoms with Gasteiger partial charge in [0.15, 0.2) is 0 Å². The molecule has 2 aromatic carbocycles. The van der Waals surface area contributed by atoms with Crippen LogP contribution >= 0.6 is 0 Å². The number of anilines is 1. The highest BCUT2D eigenvalue weighted by molar-refractivity contribution is 6.04. The van der Waals surface area contributed by atoms with E-state index in [0.717, 1.165) is 21.1 Å². The van der Waals surface area contributed by atoms with Crippen molar-refractivity contribution in [3.05, 3.63) is 92.0 Å². The van der Waals surface area contributed by atoms with E-state index in [9.17, 15) is 19.2 Å². The number of aromatic nitrogens is 3. The molecule has 2 N–H and O–H groups in total. The van der Waals surface area contributed by atoms with Crippen molar-refractivity contribution in [1.29, 1.82) is 0 Å². The molecule has 2 aromatic heterocycles. The number of halogens is 1. The van der Waals surface area contributed by atoms with Crippen molar-refractivity contribution in [2.24, 2.45) is 14.1 Å². The van der Waals surface area contributed by atoms with Gasteiger partial charge >= 0.3 is 5.69 Å². The van der Waals surface area contributed by atoms with Crippen LogP contribution in [0, 0.1) is 12.7 Å². The van der Waals surface area contributed by atoms with Gasteiger partial charge < -0.3 is 24.7 Å². The van der Waals surface area contributed by atoms with Crippen molar-refractivity contribution >= 4 is 17.5 Å². The maximum Gasteiger partial charge on any atom is 0.330 e. The van der Waals surface area contributed by atoms with Crippen molar-refractivity contribution in [3.63, 3.8) is 0 Å². The molecule has 13 heteroatoms. The minimum atomic E-state index is -0.721. The van der Waals surface area contributed by atoms with Gasteiger partial charge in [-0.2, -0.15) is 0 Å². The summed E-state index contributed by atoms with van der Waals surface area (Å²) in [6.45, 7) is 3.58. The molecule has 3 aliphatic rings. The predicted octanol–water partition coefficient (Wildman–Crippen LogP) is 2.92. The first kappa shape index (κ1) is 30.4. The normalized spacial score (nSPS) is 18.0. The molecule has 7 rings (SSSR count). The number of likely N-dealkylation sites (tertiary alicyclic amines) is 1. The summed E-state index contributed by atoms with van der Waals surface area (Å²) in [6, 6.07) is 11.7. The Bertz CT molecular complexity index is 2100. The first-order valence-corrected chi connectivity index (χ1v) is 15.2. The fourth-order valence-electron chi connectivity index (χ4n) is 6.89. The van der Waals surface area contributed by atoms with E-state index in [-0.39, 0.29) is 28.6 Å². The molecule has 47 heavy (non-hydrogen) atoms. The van der Waals surface area contributed by atoms with Gasteiger partial charge in [-0.1, -0.05) is 24.3 Å². The average molecular weight is 641 g/mol. The molecular weight excluding hydrogens is 607 g/mol. The zero-order chi connectivity index (χ0) is 33.2. The first-order valence-electron chi connectivity index (χ1n) is 15.2. The lowest BCUT2D eigenvalue weighted by Crippen LogP contribution is -2.67. The van der Waals surface area contributed by atoms with Gasteiger partial charge in [-0.25, -0.2) is 14.2 Å². The number of hydrogen-bond donors (Lipinski definition) is 2. The number of hydrogen-bond acceptors (Lipinski definition) is 8. The molecular formula is C34H33FN6O6. The highest BCUT2D eigenvalue weighted by atomic mass is 19.1. The highest BCUT2D eigenvalue weighted by Gasteiger charge is 2.51. The van der Waals surface area contributed by atoms with Crippen LogP contribution < -0.4 is 31.4 Å². The van der Waals surface area contributed by atoms with Gasteiger partial charge in [0.25, 0.3) is 11.5 Å². The van der Waals surface area contributed by atoms with Crippen molar-refractivity contribution in [1.82, 2.24) is 24.3 Å². The second-order valence-electron chi connectivity index (χ2n) is 12.4. The molecule has 0 aliphatic carbocycles. The highest BCUT2D eigenvalue weighted by Crippen LogP contribution is 2.47. The van der Waals surface area contributed by atoms with Gasteiger partial charge in [0.05, 0.1) is 29.9 Å². The Labute approximate surface area is 268 Å². The lowest BCUT2D eigenvalue weighted by Gasteiger charge is -2.50. The van der Waals surface area contributed by atoms with Crippen LogP contribution in [0.2, 0.25) is 0 Å². The van der Waals surface area contributed by atoms with Crippen LogP contribution in [0.4, 0.5) is 10.1 Å². The van der Waals surface area contributed by atoms with Crippen molar-refractivity contribution in [2.75, 3.05) is 32.1 Å². The number of pyridine rings is 1. The molecule has 1 spiro atoms. The van der Waals surface area contributed by atoms with Gasteiger partial charge in [0.2, 0.25) is 11.8 Å². The molecule has 2 saturated heterocycles. The Morgan fingerprint density at radius 1 is 1.11 bits per heavy atom. The van der Waals surface area contributed by atoms with Crippen molar-refractivity contribution < 1.29 is 23.5 Å². The lowest BCUT2D eigenvalue weighted by molar-refractivity contribution is -0.121. The number of rotatable bonds is 6. The summed E-state index contributed by atoms with van der Waals surface area (Å²) in [4.78, 5) is 56.6. The van der Waals surface area contributed by atoms with E-state index >= 15 is 4.39 Å². The fraction of sp³-hybridized carbons (Fsp3) is 0.324. The number of nitrogens with one attached hydrogen (secondary N) is 2.